The molecule has 1 N–H and O–H groups in total. The summed E-state index contributed by atoms with van der Waals surface area (Å²) in [5, 5.41) is 3.20. The average molecular weight is 312 g/mol. The van der Waals surface area contributed by atoms with Crippen molar-refractivity contribution in [1.82, 2.24) is 10.2 Å². The predicted molar refractivity (Wildman–Crippen MR) is 87.0 cm³/mol. The molecular weight excluding hydrogens is 280 g/mol. The SMILES string of the molecule is CCCOC1CCCN(C(=O)N[C@H]2CCCC[C@@H]2OC)CC1. The number of nitrogens with zero attached hydrogens (tertiary/aromatic N) is 1. The molecular formula is C17H32N2O3. The third-order valence-corrected chi connectivity index (χ3v) is 4.83. The van der Waals surface area contributed by atoms with Crippen molar-refractivity contribution in [3.8, 4) is 0 Å². The number of rotatable bonds is 5. The van der Waals surface area contributed by atoms with Gasteiger partial charge in [0, 0.05) is 26.8 Å². The van der Waals surface area contributed by atoms with E-state index in [-0.39, 0.29) is 18.2 Å². The van der Waals surface area contributed by atoms with E-state index in [4.69, 9.17) is 9.47 Å². The van der Waals surface area contributed by atoms with Crippen molar-refractivity contribution in [3.63, 3.8) is 0 Å². The Hall–Kier alpha value is -0.810. The van der Waals surface area contributed by atoms with Gasteiger partial charge in [0.15, 0.2) is 0 Å². The average Bonchev–Trinajstić information content (AvgIpc) is 2.79. The highest BCUT2D eigenvalue weighted by Gasteiger charge is 2.28. The van der Waals surface area contributed by atoms with Crippen molar-refractivity contribution in [1.29, 1.82) is 0 Å². The first-order chi connectivity index (χ1) is 10.7. The van der Waals surface area contributed by atoms with Gasteiger partial charge in [-0.2, -0.15) is 0 Å². The molecule has 128 valence electrons. The maximum absolute atomic E-state index is 12.5. The van der Waals surface area contributed by atoms with Gasteiger partial charge in [-0.15, -0.1) is 0 Å². The monoisotopic (exact) mass is 312 g/mol. The molecule has 1 saturated heterocycles. The number of carbonyl (C=O) groups excluding carboxylic acids is 1. The van der Waals surface area contributed by atoms with E-state index in [1.54, 1.807) is 7.11 Å². The molecule has 0 radical (unpaired) electrons. The van der Waals surface area contributed by atoms with Crippen LogP contribution in [-0.2, 0) is 9.47 Å². The first-order valence-electron chi connectivity index (χ1n) is 8.94. The summed E-state index contributed by atoms with van der Waals surface area (Å²) < 4.78 is 11.4. The molecule has 1 unspecified atom stereocenters. The Labute approximate surface area is 134 Å². The second-order valence-corrected chi connectivity index (χ2v) is 6.53. The van der Waals surface area contributed by atoms with Crippen LogP contribution in [0, 0.1) is 0 Å². The molecule has 0 aromatic carbocycles. The molecule has 1 aliphatic heterocycles. The van der Waals surface area contributed by atoms with Crippen molar-refractivity contribution < 1.29 is 14.3 Å². The molecule has 1 heterocycles. The Morgan fingerprint density at radius 2 is 1.95 bits per heavy atom. The van der Waals surface area contributed by atoms with Gasteiger partial charge in [0.05, 0.1) is 18.2 Å². The standard InChI is InChI=1S/C17H32N2O3/c1-3-13-22-14-7-6-11-19(12-10-14)17(20)18-15-8-4-5-9-16(15)21-2/h14-16H,3-13H2,1-2H3,(H,18,20)/t14?,15-,16-/m0/s1. The molecule has 1 aliphatic carbocycles. The maximum atomic E-state index is 12.5. The number of hydrogen-bond acceptors (Lipinski definition) is 3. The first-order valence-corrected chi connectivity index (χ1v) is 8.94. The zero-order valence-corrected chi connectivity index (χ0v) is 14.2. The number of carbonyl (C=O) groups is 1. The molecule has 0 bridgehead atoms. The number of nitrogens with one attached hydrogen (secondary N) is 1. The van der Waals surface area contributed by atoms with Crippen molar-refractivity contribution in [2.24, 2.45) is 0 Å². The molecule has 2 rings (SSSR count). The molecule has 0 aromatic rings. The van der Waals surface area contributed by atoms with Crippen molar-refractivity contribution in [3.05, 3.63) is 0 Å². The minimum absolute atomic E-state index is 0.0742. The fourth-order valence-electron chi connectivity index (χ4n) is 3.51. The van der Waals surface area contributed by atoms with Crippen LogP contribution in [0.3, 0.4) is 0 Å². The van der Waals surface area contributed by atoms with E-state index in [0.29, 0.717) is 6.10 Å². The van der Waals surface area contributed by atoms with E-state index in [0.717, 1.165) is 58.2 Å². The third-order valence-electron chi connectivity index (χ3n) is 4.83. The van der Waals surface area contributed by atoms with Gasteiger partial charge in [0.2, 0.25) is 0 Å². The smallest absolute Gasteiger partial charge is 0.317 e. The predicted octanol–water partition coefficient (Wildman–Crippen LogP) is 2.93. The van der Waals surface area contributed by atoms with Crippen LogP contribution in [0.1, 0.15) is 58.3 Å². The van der Waals surface area contributed by atoms with Gasteiger partial charge in [0.1, 0.15) is 0 Å². The van der Waals surface area contributed by atoms with Crippen LogP contribution in [0.5, 0.6) is 0 Å². The van der Waals surface area contributed by atoms with Crippen LogP contribution in [0.25, 0.3) is 0 Å². The fourth-order valence-corrected chi connectivity index (χ4v) is 3.51. The van der Waals surface area contributed by atoms with E-state index < -0.39 is 0 Å². The second-order valence-electron chi connectivity index (χ2n) is 6.53. The van der Waals surface area contributed by atoms with Gasteiger partial charge in [0.25, 0.3) is 0 Å². The minimum Gasteiger partial charge on any atom is -0.379 e. The molecule has 2 amide bonds. The van der Waals surface area contributed by atoms with Crippen LogP contribution in [0.4, 0.5) is 4.79 Å². The summed E-state index contributed by atoms with van der Waals surface area (Å²) in [5.74, 6) is 0. The highest BCUT2D eigenvalue weighted by Crippen LogP contribution is 2.21. The van der Waals surface area contributed by atoms with Gasteiger partial charge < -0.3 is 19.7 Å². The summed E-state index contributed by atoms with van der Waals surface area (Å²) in [6, 6.07) is 0.242. The van der Waals surface area contributed by atoms with Crippen LogP contribution < -0.4 is 5.32 Å². The van der Waals surface area contributed by atoms with Crippen LogP contribution in [0.2, 0.25) is 0 Å². The molecule has 2 fully saturated rings. The van der Waals surface area contributed by atoms with Gasteiger partial charge in [-0.25, -0.2) is 4.79 Å². The summed E-state index contributed by atoms with van der Waals surface area (Å²) >= 11 is 0. The molecule has 5 heteroatoms. The summed E-state index contributed by atoms with van der Waals surface area (Å²) in [4.78, 5) is 14.5. The molecule has 5 nitrogen and oxygen atoms in total. The lowest BCUT2D eigenvalue weighted by Gasteiger charge is -2.33. The van der Waals surface area contributed by atoms with Crippen LogP contribution >= 0.6 is 0 Å². The molecule has 1 saturated carbocycles. The Morgan fingerprint density at radius 1 is 1.14 bits per heavy atom. The summed E-state index contributed by atoms with van der Waals surface area (Å²) in [5.41, 5.74) is 0. The number of methoxy groups -OCH3 is 1. The largest absolute Gasteiger partial charge is 0.379 e. The molecule has 3 atom stereocenters. The normalized spacial score (nSPS) is 29.9. The van der Waals surface area contributed by atoms with E-state index in [9.17, 15) is 4.79 Å². The highest BCUT2D eigenvalue weighted by molar-refractivity contribution is 5.74. The number of hydrogen-bond donors (Lipinski definition) is 1. The number of likely N-dealkylation sites (tertiary alicyclic amines) is 1. The van der Waals surface area contributed by atoms with Gasteiger partial charge in [-0.3, -0.25) is 0 Å². The van der Waals surface area contributed by atoms with Crippen molar-refractivity contribution in [2.75, 3.05) is 26.8 Å². The molecule has 2 aliphatic rings. The molecule has 0 spiro atoms. The summed E-state index contributed by atoms with van der Waals surface area (Å²) in [6.45, 7) is 4.59. The Balaban J connectivity index is 1.79. The van der Waals surface area contributed by atoms with Gasteiger partial charge in [-0.05, 0) is 38.5 Å². The molecule has 22 heavy (non-hydrogen) atoms. The van der Waals surface area contributed by atoms with Gasteiger partial charge >= 0.3 is 6.03 Å². The highest BCUT2D eigenvalue weighted by atomic mass is 16.5. The summed E-state index contributed by atoms with van der Waals surface area (Å²) in [6.07, 6.45) is 9.04. The third kappa shape index (κ3) is 5.13. The quantitative estimate of drug-likeness (QED) is 0.849. The van der Waals surface area contributed by atoms with Crippen molar-refractivity contribution >= 4 is 6.03 Å². The Bertz CT molecular complexity index is 338. The fraction of sp³-hybridized carbons (Fsp3) is 0.941. The lowest BCUT2D eigenvalue weighted by atomic mass is 9.92. The Morgan fingerprint density at radius 3 is 2.73 bits per heavy atom. The van der Waals surface area contributed by atoms with E-state index in [1.807, 2.05) is 4.90 Å². The zero-order valence-electron chi connectivity index (χ0n) is 14.2. The van der Waals surface area contributed by atoms with Crippen molar-refractivity contribution in [2.45, 2.75) is 76.5 Å². The number of amides is 2. The lowest BCUT2D eigenvalue weighted by Crippen LogP contribution is -2.51. The molecule has 0 aromatic heterocycles. The number of urea groups is 1. The second kappa shape index (κ2) is 9.36. The maximum Gasteiger partial charge on any atom is 0.317 e. The first kappa shape index (κ1) is 17.5. The van der Waals surface area contributed by atoms with Gasteiger partial charge in [-0.1, -0.05) is 19.8 Å². The van der Waals surface area contributed by atoms with E-state index >= 15 is 0 Å². The topological polar surface area (TPSA) is 50.8 Å². The van der Waals surface area contributed by atoms with Crippen LogP contribution in [-0.4, -0.2) is 56.0 Å². The Kier molecular flexibility index (Phi) is 7.46. The van der Waals surface area contributed by atoms with Crippen LogP contribution in [0.15, 0.2) is 0 Å². The number of ether oxygens (including phenoxy) is 2. The minimum atomic E-state index is 0.0742. The summed E-state index contributed by atoms with van der Waals surface area (Å²) in [7, 11) is 1.75. The van der Waals surface area contributed by atoms with E-state index in [1.165, 1.54) is 12.8 Å². The lowest BCUT2D eigenvalue weighted by molar-refractivity contribution is 0.0408. The zero-order chi connectivity index (χ0) is 15.8. The van der Waals surface area contributed by atoms with E-state index in [2.05, 4.69) is 12.2 Å².